The van der Waals surface area contributed by atoms with Crippen molar-refractivity contribution in [2.24, 2.45) is 0 Å². The molecule has 2 N–H and O–H groups in total. The number of nitrogens with zero attached hydrogens (tertiary/aromatic N) is 3. The molecule has 0 aliphatic carbocycles. The number of nitrogens with one attached hydrogen (secondary N) is 2. The van der Waals surface area contributed by atoms with E-state index in [0.717, 1.165) is 28.1 Å². The zero-order chi connectivity index (χ0) is 18.5. The number of thioether (sulfide) groups is 1. The molecule has 2 aromatic rings. The molecule has 7 nitrogen and oxygen atoms in total. The molecular formula is C17H21N5O2S2. The number of hydrogen-bond donors (Lipinski definition) is 2. The van der Waals surface area contributed by atoms with E-state index in [1.165, 1.54) is 23.1 Å². The molecule has 1 aromatic carbocycles. The van der Waals surface area contributed by atoms with Crippen molar-refractivity contribution in [1.82, 2.24) is 10.2 Å². The van der Waals surface area contributed by atoms with E-state index in [9.17, 15) is 9.59 Å². The van der Waals surface area contributed by atoms with Crippen molar-refractivity contribution in [3.05, 3.63) is 24.3 Å². The summed E-state index contributed by atoms with van der Waals surface area (Å²) in [4.78, 5) is 26.6. The van der Waals surface area contributed by atoms with E-state index in [-0.39, 0.29) is 30.0 Å². The van der Waals surface area contributed by atoms with Crippen LogP contribution in [0, 0.1) is 0 Å². The van der Waals surface area contributed by atoms with E-state index in [4.69, 9.17) is 0 Å². The molecule has 0 saturated carbocycles. The zero-order valence-electron chi connectivity index (χ0n) is 14.7. The second kappa shape index (κ2) is 8.50. The molecule has 138 valence electrons. The van der Waals surface area contributed by atoms with Crippen molar-refractivity contribution in [2.45, 2.75) is 37.1 Å². The molecule has 2 amide bonds. The van der Waals surface area contributed by atoms with Crippen molar-refractivity contribution >= 4 is 51.4 Å². The van der Waals surface area contributed by atoms with Gasteiger partial charge in [-0.3, -0.25) is 9.59 Å². The summed E-state index contributed by atoms with van der Waals surface area (Å²) < 4.78 is 0.752. The van der Waals surface area contributed by atoms with Crippen LogP contribution in [0.1, 0.15) is 26.7 Å². The first-order valence-electron chi connectivity index (χ1n) is 8.49. The molecule has 0 bridgehead atoms. The number of carbonyl (C=O) groups is 2. The van der Waals surface area contributed by atoms with Crippen LogP contribution in [0.2, 0.25) is 0 Å². The Bertz CT molecular complexity index is 795. The number of anilines is 3. The lowest BCUT2D eigenvalue weighted by Crippen LogP contribution is -2.40. The van der Waals surface area contributed by atoms with E-state index < -0.39 is 0 Å². The van der Waals surface area contributed by atoms with Crippen molar-refractivity contribution in [3.63, 3.8) is 0 Å². The Balaban J connectivity index is 1.70. The number of benzene rings is 1. The highest BCUT2D eigenvalue weighted by molar-refractivity contribution is 8.01. The summed E-state index contributed by atoms with van der Waals surface area (Å²) in [7, 11) is 0. The largest absolute Gasteiger partial charge is 0.360 e. The lowest BCUT2D eigenvalue weighted by Gasteiger charge is -2.27. The number of fused-ring (bicyclic) bond motifs is 1. The van der Waals surface area contributed by atoms with Gasteiger partial charge in [0.05, 0.1) is 17.1 Å². The predicted molar refractivity (Wildman–Crippen MR) is 106 cm³/mol. The molecule has 1 aliphatic heterocycles. The van der Waals surface area contributed by atoms with Gasteiger partial charge in [0.25, 0.3) is 0 Å². The Morgan fingerprint density at radius 1 is 1.42 bits per heavy atom. The van der Waals surface area contributed by atoms with Gasteiger partial charge in [-0.1, -0.05) is 42.2 Å². The van der Waals surface area contributed by atoms with Crippen LogP contribution in [-0.2, 0) is 9.59 Å². The smallest absolute Gasteiger partial charge is 0.237 e. The van der Waals surface area contributed by atoms with Crippen LogP contribution in [0.4, 0.5) is 16.5 Å². The summed E-state index contributed by atoms with van der Waals surface area (Å²) in [5, 5.41) is 15.0. The fraction of sp³-hybridized carbons (Fsp3) is 0.412. The number of amides is 2. The Hall–Kier alpha value is -2.13. The minimum Gasteiger partial charge on any atom is -0.360 e. The van der Waals surface area contributed by atoms with Crippen LogP contribution in [0.25, 0.3) is 0 Å². The van der Waals surface area contributed by atoms with Crippen LogP contribution in [-0.4, -0.2) is 40.4 Å². The summed E-state index contributed by atoms with van der Waals surface area (Å²) in [5.74, 6) is 0.114. The lowest BCUT2D eigenvalue weighted by atomic mass is 10.2. The van der Waals surface area contributed by atoms with Crippen molar-refractivity contribution in [3.8, 4) is 0 Å². The highest BCUT2D eigenvalue weighted by Crippen LogP contribution is 2.33. The van der Waals surface area contributed by atoms with E-state index in [2.05, 4.69) is 27.8 Å². The van der Waals surface area contributed by atoms with Crippen LogP contribution < -0.4 is 15.5 Å². The molecule has 1 aromatic heterocycles. The summed E-state index contributed by atoms with van der Waals surface area (Å²) >= 11 is 2.81. The van der Waals surface area contributed by atoms with Crippen molar-refractivity contribution < 1.29 is 9.59 Å². The number of hydrogen-bond acceptors (Lipinski definition) is 7. The van der Waals surface area contributed by atoms with E-state index in [1.54, 1.807) is 4.90 Å². The van der Waals surface area contributed by atoms with E-state index in [1.807, 2.05) is 31.2 Å². The van der Waals surface area contributed by atoms with Crippen LogP contribution in [0.3, 0.4) is 0 Å². The fourth-order valence-corrected chi connectivity index (χ4v) is 4.37. The van der Waals surface area contributed by atoms with E-state index in [0.29, 0.717) is 5.69 Å². The zero-order valence-corrected chi connectivity index (χ0v) is 16.3. The fourth-order valence-electron chi connectivity index (χ4n) is 2.73. The lowest BCUT2D eigenvalue weighted by molar-refractivity contribution is -0.117. The van der Waals surface area contributed by atoms with Gasteiger partial charge in [0.1, 0.15) is 0 Å². The maximum absolute atomic E-state index is 12.9. The third kappa shape index (κ3) is 4.34. The molecule has 26 heavy (non-hydrogen) atoms. The molecule has 1 aliphatic rings. The number of carbonyl (C=O) groups excluding carboxylic acids is 2. The van der Waals surface area contributed by atoms with Gasteiger partial charge in [0.2, 0.25) is 16.9 Å². The quantitative estimate of drug-likeness (QED) is 0.735. The Morgan fingerprint density at radius 3 is 3.04 bits per heavy atom. The second-order valence-corrected chi connectivity index (χ2v) is 8.17. The van der Waals surface area contributed by atoms with Crippen LogP contribution >= 0.6 is 23.1 Å². The highest BCUT2D eigenvalue weighted by atomic mass is 32.2. The van der Waals surface area contributed by atoms with Crippen LogP contribution in [0.15, 0.2) is 28.6 Å². The summed E-state index contributed by atoms with van der Waals surface area (Å²) in [6.45, 7) is 4.82. The molecule has 9 heteroatoms. The summed E-state index contributed by atoms with van der Waals surface area (Å²) in [6, 6.07) is 7.18. The molecule has 1 atom stereocenters. The van der Waals surface area contributed by atoms with E-state index >= 15 is 0 Å². The minimum atomic E-state index is -0.206. The highest BCUT2D eigenvalue weighted by Gasteiger charge is 2.29. The Morgan fingerprint density at radius 2 is 2.23 bits per heavy atom. The van der Waals surface area contributed by atoms with Crippen molar-refractivity contribution in [1.29, 1.82) is 0 Å². The first-order chi connectivity index (χ1) is 12.6. The molecule has 3 rings (SSSR count). The van der Waals surface area contributed by atoms with Gasteiger partial charge in [-0.05, 0) is 25.5 Å². The normalized spacial score (nSPS) is 16.6. The average molecular weight is 392 g/mol. The van der Waals surface area contributed by atoms with Gasteiger partial charge < -0.3 is 15.5 Å². The maximum Gasteiger partial charge on any atom is 0.237 e. The molecule has 0 spiro atoms. The third-order valence-electron chi connectivity index (χ3n) is 3.88. The Kier molecular flexibility index (Phi) is 6.10. The van der Waals surface area contributed by atoms with Crippen molar-refractivity contribution in [2.75, 3.05) is 27.8 Å². The van der Waals surface area contributed by atoms with Gasteiger partial charge in [0.15, 0.2) is 4.34 Å². The minimum absolute atomic E-state index is 0.0512. The van der Waals surface area contributed by atoms with Gasteiger partial charge in [-0.2, -0.15) is 0 Å². The first kappa shape index (κ1) is 18.7. The molecule has 0 saturated heterocycles. The third-order valence-corrected chi connectivity index (χ3v) is 5.88. The predicted octanol–water partition coefficient (Wildman–Crippen LogP) is 3.22. The van der Waals surface area contributed by atoms with Gasteiger partial charge in [-0.25, -0.2) is 0 Å². The average Bonchev–Trinajstić information content (AvgIpc) is 3.02. The second-order valence-electron chi connectivity index (χ2n) is 5.97. The molecular weight excluding hydrogens is 370 g/mol. The van der Waals surface area contributed by atoms with Crippen LogP contribution in [0.5, 0.6) is 0 Å². The standard InChI is InChI=1S/C17H21N5O2S2/c1-3-8-18-16-20-21-17(26-16)25-10-15(24)22-11(2)9-14(23)19-12-6-4-5-7-13(12)22/h4-7,11H,3,8-10H2,1-2H3,(H,18,20)(H,19,23). The Labute approximate surface area is 160 Å². The number of rotatable bonds is 6. The molecule has 2 heterocycles. The summed E-state index contributed by atoms with van der Waals surface area (Å²) in [6.07, 6.45) is 1.29. The number of aromatic nitrogens is 2. The molecule has 0 fully saturated rings. The van der Waals surface area contributed by atoms with Gasteiger partial charge in [0, 0.05) is 19.0 Å². The molecule has 0 radical (unpaired) electrons. The molecule has 1 unspecified atom stereocenters. The topological polar surface area (TPSA) is 87.2 Å². The van der Waals surface area contributed by atoms with Gasteiger partial charge in [-0.15, -0.1) is 10.2 Å². The first-order valence-corrected chi connectivity index (χ1v) is 10.3. The number of para-hydroxylation sites is 2. The monoisotopic (exact) mass is 391 g/mol. The van der Waals surface area contributed by atoms with Gasteiger partial charge >= 0.3 is 0 Å². The summed E-state index contributed by atoms with van der Waals surface area (Å²) in [5.41, 5.74) is 1.40. The maximum atomic E-state index is 12.9. The SMILES string of the molecule is CCCNc1nnc(SCC(=O)N2c3ccccc3NC(=O)CC2C)s1.